The second-order valence-electron chi connectivity index (χ2n) is 5.38. The predicted molar refractivity (Wildman–Crippen MR) is 94.8 cm³/mol. The van der Waals surface area contributed by atoms with E-state index >= 15 is 0 Å². The van der Waals surface area contributed by atoms with E-state index in [4.69, 9.17) is 16.7 Å². The molecule has 3 aromatic rings. The van der Waals surface area contributed by atoms with Crippen LogP contribution in [0.1, 0.15) is 21.6 Å². The second kappa shape index (κ2) is 6.03. The lowest BCUT2D eigenvalue weighted by Gasteiger charge is -2.08. The fourth-order valence-electron chi connectivity index (χ4n) is 2.70. The number of aryl methyl sites for hydroxylation is 2. The highest BCUT2D eigenvalue weighted by Crippen LogP contribution is 2.31. The van der Waals surface area contributed by atoms with Gasteiger partial charge in [0.15, 0.2) is 0 Å². The molecule has 0 unspecified atom stereocenters. The van der Waals surface area contributed by atoms with Crippen LogP contribution in [-0.4, -0.2) is 26.2 Å². The summed E-state index contributed by atoms with van der Waals surface area (Å²) < 4.78 is 2.52. The number of benzene rings is 1. The minimum atomic E-state index is -1.54. The maximum atomic E-state index is 11.9. The summed E-state index contributed by atoms with van der Waals surface area (Å²) >= 11 is 9.78. The Hall–Kier alpha value is -2.18. The van der Waals surface area contributed by atoms with E-state index < -0.39 is 11.8 Å². The van der Waals surface area contributed by atoms with Gasteiger partial charge in [-0.3, -0.25) is 9.20 Å². The van der Waals surface area contributed by atoms with E-state index in [9.17, 15) is 9.59 Å². The van der Waals surface area contributed by atoms with Gasteiger partial charge in [-0.05, 0) is 37.6 Å². The van der Waals surface area contributed by atoms with Crippen LogP contribution >= 0.6 is 27.5 Å². The number of imidazole rings is 1. The summed E-state index contributed by atoms with van der Waals surface area (Å²) in [6, 6.07) is 9.32. The molecule has 0 aliphatic carbocycles. The number of halogens is 2. The molecule has 1 N–H and O–H groups in total. The fourth-order valence-corrected chi connectivity index (χ4v) is 3.54. The molecule has 24 heavy (non-hydrogen) atoms. The normalized spacial score (nSPS) is 11.0. The van der Waals surface area contributed by atoms with Crippen LogP contribution in [0.15, 0.2) is 34.8 Å². The standard InChI is InChI=1S/C17H12BrClN2O3/c1-8-6-12-20-14(10-4-3-5-11(18)7-10)9(2)21(12)16(19)13(8)15(22)17(23)24/h3-7H,1-2H3,(H,23,24). The van der Waals surface area contributed by atoms with Gasteiger partial charge in [-0.1, -0.05) is 39.7 Å². The third-order valence-corrected chi connectivity index (χ3v) is 4.65. The van der Waals surface area contributed by atoms with Gasteiger partial charge in [-0.2, -0.15) is 0 Å². The molecule has 0 saturated heterocycles. The minimum absolute atomic E-state index is 0.0158. The number of hydrogen-bond donors (Lipinski definition) is 1. The van der Waals surface area contributed by atoms with Crippen molar-refractivity contribution < 1.29 is 14.7 Å². The second-order valence-corrected chi connectivity index (χ2v) is 6.65. The molecule has 0 spiro atoms. The van der Waals surface area contributed by atoms with Crippen LogP contribution < -0.4 is 0 Å². The Kier molecular flexibility index (Phi) is 4.19. The summed E-state index contributed by atoms with van der Waals surface area (Å²) in [6.07, 6.45) is 0. The van der Waals surface area contributed by atoms with Gasteiger partial charge < -0.3 is 5.11 Å². The van der Waals surface area contributed by atoms with E-state index in [2.05, 4.69) is 20.9 Å². The summed E-state index contributed by atoms with van der Waals surface area (Å²) in [7, 11) is 0. The molecule has 0 bridgehead atoms. The van der Waals surface area contributed by atoms with Crippen LogP contribution in [0.5, 0.6) is 0 Å². The highest BCUT2D eigenvalue weighted by molar-refractivity contribution is 9.10. The topological polar surface area (TPSA) is 71.7 Å². The first kappa shape index (κ1) is 16.7. The number of carboxylic acids is 1. The smallest absolute Gasteiger partial charge is 0.377 e. The van der Waals surface area contributed by atoms with Crippen molar-refractivity contribution in [2.75, 3.05) is 0 Å². The number of aliphatic carboxylic acids is 1. The number of carbonyl (C=O) groups is 2. The number of Topliss-reactive ketones (excluding diaryl/α,β-unsaturated/α-hetero) is 1. The number of carbonyl (C=O) groups excluding carboxylic acids is 1. The van der Waals surface area contributed by atoms with Gasteiger partial charge in [-0.25, -0.2) is 9.78 Å². The van der Waals surface area contributed by atoms with Gasteiger partial charge >= 0.3 is 5.97 Å². The van der Waals surface area contributed by atoms with Crippen LogP contribution in [0.3, 0.4) is 0 Å². The van der Waals surface area contributed by atoms with Crippen molar-refractivity contribution in [3.63, 3.8) is 0 Å². The van der Waals surface area contributed by atoms with Crippen molar-refractivity contribution in [1.82, 2.24) is 9.38 Å². The van der Waals surface area contributed by atoms with Gasteiger partial charge in [0.2, 0.25) is 0 Å². The summed E-state index contributed by atoms with van der Waals surface area (Å²) in [5.41, 5.74) is 3.37. The van der Waals surface area contributed by atoms with Gasteiger partial charge in [0.1, 0.15) is 10.8 Å². The molecule has 2 heterocycles. The van der Waals surface area contributed by atoms with Crippen molar-refractivity contribution in [3.05, 3.63) is 56.8 Å². The van der Waals surface area contributed by atoms with Gasteiger partial charge in [0.05, 0.1) is 11.3 Å². The lowest BCUT2D eigenvalue weighted by molar-refractivity contribution is -0.131. The van der Waals surface area contributed by atoms with Crippen LogP contribution in [-0.2, 0) is 4.79 Å². The van der Waals surface area contributed by atoms with Crippen LogP contribution in [0.25, 0.3) is 16.9 Å². The lowest BCUT2D eigenvalue weighted by atomic mass is 10.1. The molecular formula is C17H12BrClN2O3. The molecule has 0 aliphatic heterocycles. The molecule has 2 aromatic heterocycles. The molecule has 7 heteroatoms. The Balaban J connectivity index is 2.32. The quantitative estimate of drug-likeness (QED) is 0.399. The largest absolute Gasteiger partial charge is 0.475 e. The third kappa shape index (κ3) is 2.61. The molecule has 0 atom stereocenters. The minimum Gasteiger partial charge on any atom is -0.475 e. The van der Waals surface area contributed by atoms with Crippen molar-refractivity contribution in [2.24, 2.45) is 0 Å². The molecule has 0 aliphatic rings. The fraction of sp³-hybridized carbons (Fsp3) is 0.118. The number of ketones is 1. The first-order valence-electron chi connectivity index (χ1n) is 7.03. The first-order chi connectivity index (χ1) is 11.3. The monoisotopic (exact) mass is 406 g/mol. The number of rotatable bonds is 3. The Labute approximate surface area is 151 Å². The van der Waals surface area contributed by atoms with Gasteiger partial charge in [-0.15, -0.1) is 0 Å². The zero-order chi connectivity index (χ0) is 17.6. The van der Waals surface area contributed by atoms with Gasteiger partial charge in [0, 0.05) is 15.7 Å². The summed E-state index contributed by atoms with van der Waals surface area (Å²) in [6.45, 7) is 3.47. The summed E-state index contributed by atoms with van der Waals surface area (Å²) in [4.78, 5) is 27.6. The zero-order valence-electron chi connectivity index (χ0n) is 12.8. The zero-order valence-corrected chi connectivity index (χ0v) is 15.1. The first-order valence-corrected chi connectivity index (χ1v) is 8.20. The molecule has 1 aromatic carbocycles. The Bertz CT molecular complexity index is 1010. The lowest BCUT2D eigenvalue weighted by Crippen LogP contribution is -2.16. The number of nitrogens with zero attached hydrogens (tertiary/aromatic N) is 2. The number of aromatic nitrogens is 2. The van der Waals surface area contributed by atoms with E-state index in [1.54, 1.807) is 17.4 Å². The molecule has 0 radical (unpaired) electrons. The highest BCUT2D eigenvalue weighted by atomic mass is 79.9. The summed E-state index contributed by atoms with van der Waals surface area (Å²) in [5, 5.41) is 9.06. The summed E-state index contributed by atoms with van der Waals surface area (Å²) in [5.74, 6) is -2.57. The van der Waals surface area contributed by atoms with E-state index in [1.807, 2.05) is 31.2 Å². The Morgan fingerprint density at radius 3 is 2.58 bits per heavy atom. The average molecular weight is 408 g/mol. The number of hydrogen-bond acceptors (Lipinski definition) is 3. The van der Waals surface area contributed by atoms with Crippen molar-refractivity contribution in [1.29, 1.82) is 0 Å². The number of carboxylic acid groups (broad SMARTS) is 1. The molecule has 3 rings (SSSR count). The van der Waals surface area contributed by atoms with Crippen LogP contribution in [0.4, 0.5) is 0 Å². The van der Waals surface area contributed by atoms with E-state index in [0.29, 0.717) is 11.2 Å². The van der Waals surface area contributed by atoms with E-state index in [0.717, 1.165) is 21.4 Å². The maximum absolute atomic E-state index is 11.9. The average Bonchev–Trinajstić information content (AvgIpc) is 2.83. The molecule has 5 nitrogen and oxygen atoms in total. The number of pyridine rings is 1. The predicted octanol–water partition coefficient (Wildman–Crippen LogP) is 4.30. The van der Waals surface area contributed by atoms with Gasteiger partial charge in [0.25, 0.3) is 5.78 Å². The molecule has 0 fully saturated rings. The Morgan fingerprint density at radius 1 is 1.25 bits per heavy atom. The third-order valence-electron chi connectivity index (χ3n) is 3.80. The van der Waals surface area contributed by atoms with Crippen molar-refractivity contribution in [2.45, 2.75) is 13.8 Å². The SMILES string of the molecule is Cc1cc2nc(-c3cccc(Br)c3)c(C)n2c(Cl)c1C(=O)C(=O)O. The van der Waals surface area contributed by atoms with Crippen molar-refractivity contribution >= 4 is 44.9 Å². The highest BCUT2D eigenvalue weighted by Gasteiger charge is 2.24. The van der Waals surface area contributed by atoms with Crippen LogP contribution in [0, 0.1) is 13.8 Å². The Morgan fingerprint density at radius 2 is 1.96 bits per heavy atom. The number of fused-ring (bicyclic) bond motifs is 1. The molecule has 122 valence electrons. The molecule has 0 amide bonds. The van der Waals surface area contributed by atoms with E-state index in [1.165, 1.54) is 0 Å². The molecular weight excluding hydrogens is 396 g/mol. The maximum Gasteiger partial charge on any atom is 0.377 e. The van der Waals surface area contributed by atoms with Crippen molar-refractivity contribution in [3.8, 4) is 11.3 Å². The van der Waals surface area contributed by atoms with E-state index in [-0.39, 0.29) is 10.7 Å². The van der Waals surface area contributed by atoms with Crippen LogP contribution in [0.2, 0.25) is 5.15 Å². The molecule has 0 saturated carbocycles.